The van der Waals surface area contributed by atoms with Crippen LogP contribution in [0.5, 0.6) is 0 Å². The minimum absolute atomic E-state index is 0.0797. The molecule has 1 aliphatic rings. The van der Waals surface area contributed by atoms with Crippen molar-refractivity contribution in [1.82, 2.24) is 0 Å². The van der Waals surface area contributed by atoms with Crippen molar-refractivity contribution in [3.63, 3.8) is 0 Å². The third kappa shape index (κ3) is 1.71. The van der Waals surface area contributed by atoms with Crippen molar-refractivity contribution < 1.29 is 4.79 Å². The number of rotatable bonds is 3. The number of nitrogens with zero attached hydrogens (tertiary/aromatic N) is 1. The van der Waals surface area contributed by atoms with Gasteiger partial charge < -0.3 is 10.6 Å². The van der Waals surface area contributed by atoms with E-state index in [1.807, 2.05) is 24.0 Å². The summed E-state index contributed by atoms with van der Waals surface area (Å²) in [5, 5.41) is 0. The van der Waals surface area contributed by atoms with Crippen LogP contribution in [0, 0.1) is 0 Å². The van der Waals surface area contributed by atoms with E-state index in [9.17, 15) is 4.79 Å². The lowest BCUT2D eigenvalue weighted by molar-refractivity contribution is -0.117. The second kappa shape index (κ2) is 4.26. The van der Waals surface area contributed by atoms with Gasteiger partial charge in [-0.05, 0) is 30.5 Å². The molecule has 0 spiro atoms. The summed E-state index contributed by atoms with van der Waals surface area (Å²) in [5.74, 6) is 0.194. The van der Waals surface area contributed by atoms with E-state index in [1.54, 1.807) is 0 Å². The van der Waals surface area contributed by atoms with Crippen molar-refractivity contribution >= 4 is 11.6 Å². The van der Waals surface area contributed by atoms with E-state index in [2.05, 4.69) is 13.0 Å². The maximum atomic E-state index is 11.7. The fourth-order valence-corrected chi connectivity index (χ4v) is 2.22. The zero-order valence-corrected chi connectivity index (χ0v) is 9.86. The summed E-state index contributed by atoms with van der Waals surface area (Å²) in [6.45, 7) is 4.81. The Balaban J connectivity index is 2.36. The van der Waals surface area contributed by atoms with E-state index in [4.69, 9.17) is 5.73 Å². The Morgan fingerprint density at radius 2 is 2.19 bits per heavy atom. The number of anilines is 1. The molecule has 2 N–H and O–H groups in total. The number of nitrogens with two attached hydrogens (primary N) is 1. The Bertz CT molecular complexity index is 414. The van der Waals surface area contributed by atoms with Gasteiger partial charge in [0.1, 0.15) is 0 Å². The number of hydrogen-bond donors (Lipinski definition) is 1. The third-order valence-corrected chi connectivity index (χ3v) is 3.22. The number of carbonyl (C=O) groups excluding carboxylic acids is 1. The summed E-state index contributed by atoms with van der Waals surface area (Å²) < 4.78 is 0. The number of fused-ring (bicyclic) bond motifs is 1. The molecular formula is C13H18N2O. The third-order valence-electron chi connectivity index (χ3n) is 3.22. The van der Waals surface area contributed by atoms with Crippen LogP contribution in [0.15, 0.2) is 18.2 Å². The van der Waals surface area contributed by atoms with Crippen molar-refractivity contribution in [2.45, 2.75) is 32.7 Å². The molecule has 0 fully saturated rings. The van der Waals surface area contributed by atoms with E-state index in [-0.39, 0.29) is 11.9 Å². The first kappa shape index (κ1) is 11.1. The van der Waals surface area contributed by atoms with E-state index < -0.39 is 0 Å². The topological polar surface area (TPSA) is 46.3 Å². The van der Waals surface area contributed by atoms with E-state index in [1.165, 1.54) is 0 Å². The number of hydrogen-bond acceptors (Lipinski definition) is 2. The lowest BCUT2D eigenvalue weighted by Gasteiger charge is -2.16. The van der Waals surface area contributed by atoms with Crippen LogP contribution in [0.2, 0.25) is 0 Å². The smallest absolute Gasteiger partial charge is 0.231 e. The van der Waals surface area contributed by atoms with Crippen LogP contribution >= 0.6 is 0 Å². The van der Waals surface area contributed by atoms with Crippen LogP contribution in [0.25, 0.3) is 0 Å². The lowest BCUT2D eigenvalue weighted by atomic mass is 10.0. The van der Waals surface area contributed by atoms with Gasteiger partial charge in [0.2, 0.25) is 5.91 Å². The van der Waals surface area contributed by atoms with Crippen LogP contribution < -0.4 is 10.6 Å². The standard InChI is InChI=1S/C13H18N2O/c1-3-11(14)9-5-6-12-10(7-9)8-13(16)15(12)4-2/h5-7,11H,3-4,8,14H2,1-2H3. The van der Waals surface area contributed by atoms with Gasteiger partial charge in [-0.15, -0.1) is 0 Å². The summed E-state index contributed by atoms with van der Waals surface area (Å²) in [7, 11) is 0. The zero-order chi connectivity index (χ0) is 11.7. The van der Waals surface area contributed by atoms with E-state index in [0.717, 1.165) is 29.8 Å². The van der Waals surface area contributed by atoms with Crippen LogP contribution in [0.3, 0.4) is 0 Å². The largest absolute Gasteiger partial charge is 0.324 e. The lowest BCUT2D eigenvalue weighted by Crippen LogP contribution is -2.25. The molecule has 1 aliphatic heterocycles. The molecule has 1 aromatic rings. The molecule has 16 heavy (non-hydrogen) atoms. The van der Waals surface area contributed by atoms with Gasteiger partial charge in [-0.3, -0.25) is 4.79 Å². The summed E-state index contributed by atoms with van der Waals surface area (Å²) in [6.07, 6.45) is 1.44. The predicted molar refractivity (Wildman–Crippen MR) is 65.4 cm³/mol. The van der Waals surface area contributed by atoms with Gasteiger partial charge >= 0.3 is 0 Å². The summed E-state index contributed by atoms with van der Waals surface area (Å²) in [6, 6.07) is 6.22. The molecule has 86 valence electrons. The fraction of sp³-hybridized carbons (Fsp3) is 0.462. The van der Waals surface area contributed by atoms with Crippen LogP contribution in [0.4, 0.5) is 5.69 Å². The van der Waals surface area contributed by atoms with Crippen LogP contribution in [0.1, 0.15) is 37.4 Å². The molecule has 3 nitrogen and oxygen atoms in total. The zero-order valence-electron chi connectivity index (χ0n) is 9.86. The quantitative estimate of drug-likeness (QED) is 0.843. The number of benzene rings is 1. The first-order chi connectivity index (χ1) is 7.67. The predicted octanol–water partition coefficient (Wildman–Crippen LogP) is 2.01. The number of likely N-dealkylation sites (N-methyl/N-ethyl adjacent to an activating group) is 1. The van der Waals surface area contributed by atoms with Gasteiger partial charge in [0.05, 0.1) is 6.42 Å². The van der Waals surface area contributed by atoms with Gasteiger partial charge in [-0.1, -0.05) is 19.1 Å². The van der Waals surface area contributed by atoms with E-state index in [0.29, 0.717) is 6.42 Å². The first-order valence-corrected chi connectivity index (χ1v) is 5.86. The molecule has 0 saturated carbocycles. The number of carbonyl (C=O) groups is 1. The van der Waals surface area contributed by atoms with Crippen molar-refractivity contribution in [1.29, 1.82) is 0 Å². The molecular weight excluding hydrogens is 200 g/mol. The van der Waals surface area contributed by atoms with Crippen molar-refractivity contribution in [2.75, 3.05) is 11.4 Å². The monoisotopic (exact) mass is 218 g/mol. The van der Waals surface area contributed by atoms with Gasteiger partial charge in [0.25, 0.3) is 0 Å². The Morgan fingerprint density at radius 3 is 2.81 bits per heavy atom. The van der Waals surface area contributed by atoms with Crippen molar-refractivity contribution in [3.05, 3.63) is 29.3 Å². The first-order valence-electron chi connectivity index (χ1n) is 5.86. The van der Waals surface area contributed by atoms with Crippen molar-refractivity contribution in [2.24, 2.45) is 5.73 Å². The highest BCUT2D eigenvalue weighted by Crippen LogP contribution is 2.31. The van der Waals surface area contributed by atoms with Gasteiger partial charge in [0, 0.05) is 18.3 Å². The molecule has 1 amide bonds. The molecule has 0 radical (unpaired) electrons. The molecule has 0 aromatic heterocycles. The minimum Gasteiger partial charge on any atom is -0.324 e. The minimum atomic E-state index is 0.0797. The van der Waals surface area contributed by atoms with Crippen molar-refractivity contribution in [3.8, 4) is 0 Å². The van der Waals surface area contributed by atoms with Crippen LogP contribution in [-0.4, -0.2) is 12.5 Å². The van der Waals surface area contributed by atoms with Gasteiger partial charge in [-0.25, -0.2) is 0 Å². The molecule has 0 saturated heterocycles. The molecule has 3 heteroatoms. The van der Waals surface area contributed by atoms with Crippen LogP contribution in [-0.2, 0) is 11.2 Å². The summed E-state index contributed by atoms with van der Waals surface area (Å²) in [5.41, 5.74) is 9.30. The molecule has 0 aliphatic carbocycles. The Labute approximate surface area is 96.2 Å². The highest BCUT2D eigenvalue weighted by molar-refractivity contribution is 6.01. The second-order valence-corrected chi connectivity index (χ2v) is 4.22. The SMILES string of the molecule is CCC(N)c1ccc2c(c1)CC(=O)N2CC. The number of amides is 1. The second-order valence-electron chi connectivity index (χ2n) is 4.22. The average molecular weight is 218 g/mol. The maximum Gasteiger partial charge on any atom is 0.231 e. The average Bonchev–Trinajstić information content (AvgIpc) is 2.62. The molecule has 1 heterocycles. The molecule has 1 unspecified atom stereocenters. The Hall–Kier alpha value is -1.35. The normalized spacial score (nSPS) is 16.4. The molecule has 2 rings (SSSR count). The van der Waals surface area contributed by atoms with Gasteiger partial charge in [-0.2, -0.15) is 0 Å². The maximum absolute atomic E-state index is 11.7. The highest BCUT2D eigenvalue weighted by Gasteiger charge is 2.26. The Morgan fingerprint density at radius 1 is 1.44 bits per heavy atom. The van der Waals surface area contributed by atoms with E-state index >= 15 is 0 Å². The molecule has 0 bridgehead atoms. The summed E-state index contributed by atoms with van der Waals surface area (Å²) >= 11 is 0. The van der Waals surface area contributed by atoms with Gasteiger partial charge in [0.15, 0.2) is 0 Å². The molecule has 1 atom stereocenters. The highest BCUT2D eigenvalue weighted by atomic mass is 16.2. The summed E-state index contributed by atoms with van der Waals surface area (Å²) in [4.78, 5) is 13.5. The molecule has 1 aromatic carbocycles. The Kier molecular flexibility index (Phi) is 2.97. The fourth-order valence-electron chi connectivity index (χ4n) is 2.22.